The van der Waals surface area contributed by atoms with Crippen LogP contribution in [0.1, 0.15) is 42.0 Å². The van der Waals surface area contributed by atoms with E-state index in [0.717, 1.165) is 29.7 Å². The molecule has 0 aliphatic carbocycles. The van der Waals surface area contributed by atoms with Gasteiger partial charge in [-0.05, 0) is 35.6 Å². The number of thioether (sulfide) groups is 1. The van der Waals surface area contributed by atoms with Gasteiger partial charge in [-0.15, -0.1) is 11.8 Å². The van der Waals surface area contributed by atoms with Crippen molar-refractivity contribution in [2.24, 2.45) is 0 Å². The largest absolute Gasteiger partial charge is 0.354 e. The summed E-state index contributed by atoms with van der Waals surface area (Å²) in [6.07, 6.45) is 2.41. The van der Waals surface area contributed by atoms with Gasteiger partial charge in [0.05, 0.1) is 5.75 Å². The fourth-order valence-corrected chi connectivity index (χ4v) is 4.93. The summed E-state index contributed by atoms with van der Waals surface area (Å²) in [4.78, 5) is 28.8. The number of nitrogens with one attached hydrogen (secondary N) is 1. The maximum atomic E-state index is 13.6. The molecule has 0 fully saturated rings. The van der Waals surface area contributed by atoms with Gasteiger partial charge in [-0.25, -0.2) is 0 Å². The molecule has 0 bridgehead atoms. The number of amides is 2. The second kappa shape index (κ2) is 14.4. The van der Waals surface area contributed by atoms with Crippen molar-refractivity contribution < 1.29 is 9.59 Å². The average Bonchev–Trinajstić information content (AvgIpc) is 2.88. The van der Waals surface area contributed by atoms with Crippen LogP contribution in [0.2, 0.25) is 0 Å². The number of hydrogen-bond acceptors (Lipinski definition) is 3. The third-order valence-corrected chi connectivity index (χ3v) is 7.01. The molecule has 0 aliphatic heterocycles. The molecule has 3 rings (SSSR count). The molecule has 2 amide bonds. The first-order chi connectivity index (χ1) is 17.1. The molecule has 1 N–H and O–H groups in total. The third-order valence-electron chi connectivity index (χ3n) is 6.04. The lowest BCUT2D eigenvalue weighted by Gasteiger charge is -2.31. The number of nitrogens with zero attached hydrogens (tertiary/aromatic N) is 1. The Hall–Kier alpha value is -3.05. The van der Waals surface area contributed by atoms with E-state index in [-0.39, 0.29) is 11.8 Å². The molecule has 0 saturated carbocycles. The van der Waals surface area contributed by atoms with Crippen molar-refractivity contribution in [2.75, 3.05) is 12.3 Å². The highest BCUT2D eigenvalue weighted by Gasteiger charge is 2.30. The summed E-state index contributed by atoms with van der Waals surface area (Å²) in [5.74, 6) is 0.993. The average molecular weight is 489 g/mol. The summed E-state index contributed by atoms with van der Waals surface area (Å²) in [6, 6.07) is 27.6. The lowest BCUT2D eigenvalue weighted by molar-refractivity contribution is -0.139. The molecule has 0 aliphatic rings. The smallest absolute Gasteiger partial charge is 0.243 e. The maximum Gasteiger partial charge on any atom is 0.243 e. The van der Waals surface area contributed by atoms with Gasteiger partial charge in [0, 0.05) is 25.3 Å². The second-order valence-electron chi connectivity index (χ2n) is 8.78. The Bertz CT molecular complexity index is 1060. The van der Waals surface area contributed by atoms with Gasteiger partial charge in [0.1, 0.15) is 6.04 Å². The molecule has 1 atom stereocenters. The van der Waals surface area contributed by atoms with Crippen molar-refractivity contribution in [1.82, 2.24) is 10.2 Å². The molecule has 0 aromatic heterocycles. The number of unbranched alkanes of at least 4 members (excludes halogenated alkanes) is 1. The highest BCUT2D eigenvalue weighted by atomic mass is 32.2. The van der Waals surface area contributed by atoms with Crippen molar-refractivity contribution >= 4 is 23.6 Å². The van der Waals surface area contributed by atoms with Crippen molar-refractivity contribution in [3.63, 3.8) is 0 Å². The lowest BCUT2D eigenvalue weighted by Crippen LogP contribution is -2.51. The minimum atomic E-state index is -0.568. The van der Waals surface area contributed by atoms with Crippen LogP contribution in [-0.4, -0.2) is 35.1 Å². The SMILES string of the molecule is CCCCNC(=O)[C@@H](Cc1ccccc1)N(Cc1ccccc1)C(=O)CSCc1ccccc1C. The van der Waals surface area contributed by atoms with Crippen LogP contribution in [0.4, 0.5) is 0 Å². The van der Waals surface area contributed by atoms with E-state index < -0.39 is 6.04 Å². The number of carbonyl (C=O) groups excluding carboxylic acids is 2. The van der Waals surface area contributed by atoms with Gasteiger partial charge in [-0.2, -0.15) is 0 Å². The first kappa shape index (κ1) is 26.6. The minimum Gasteiger partial charge on any atom is -0.354 e. The van der Waals surface area contributed by atoms with Crippen LogP contribution in [0.25, 0.3) is 0 Å². The minimum absolute atomic E-state index is 0.0148. The Kier molecular flexibility index (Phi) is 10.9. The van der Waals surface area contributed by atoms with Gasteiger partial charge in [-0.1, -0.05) is 98.3 Å². The molecule has 5 heteroatoms. The van der Waals surface area contributed by atoms with Crippen molar-refractivity contribution in [1.29, 1.82) is 0 Å². The Morgan fingerprint density at radius 3 is 2.17 bits per heavy atom. The summed E-state index contributed by atoms with van der Waals surface area (Å²) < 4.78 is 0. The summed E-state index contributed by atoms with van der Waals surface area (Å²) in [5.41, 5.74) is 4.52. The first-order valence-corrected chi connectivity index (χ1v) is 13.5. The van der Waals surface area contributed by atoms with E-state index >= 15 is 0 Å². The van der Waals surface area contributed by atoms with Crippen LogP contribution >= 0.6 is 11.8 Å². The summed E-state index contributed by atoms with van der Waals surface area (Å²) >= 11 is 1.60. The standard InChI is InChI=1S/C30H36N2O2S/c1-3-4-19-31-30(34)28(20-25-14-7-5-8-15-25)32(21-26-16-9-6-10-17-26)29(33)23-35-22-27-18-12-11-13-24(27)2/h5-18,28H,3-4,19-23H2,1-2H3,(H,31,34)/t28-/m1/s1. The molecule has 0 spiro atoms. The number of benzene rings is 3. The Labute approximate surface area is 214 Å². The van der Waals surface area contributed by atoms with Crippen LogP contribution in [0.15, 0.2) is 84.9 Å². The molecule has 3 aromatic carbocycles. The van der Waals surface area contributed by atoms with Gasteiger partial charge in [-0.3, -0.25) is 9.59 Å². The van der Waals surface area contributed by atoms with Crippen LogP contribution in [0.5, 0.6) is 0 Å². The van der Waals surface area contributed by atoms with E-state index in [9.17, 15) is 9.59 Å². The molecule has 0 heterocycles. The van der Waals surface area contributed by atoms with Gasteiger partial charge in [0.2, 0.25) is 11.8 Å². The topological polar surface area (TPSA) is 49.4 Å². The zero-order chi connectivity index (χ0) is 24.9. The highest BCUT2D eigenvalue weighted by molar-refractivity contribution is 7.99. The molecule has 0 radical (unpaired) electrons. The number of aryl methyl sites for hydroxylation is 1. The van der Waals surface area contributed by atoms with E-state index in [1.165, 1.54) is 11.1 Å². The quantitative estimate of drug-likeness (QED) is 0.310. The number of hydrogen-bond donors (Lipinski definition) is 1. The van der Waals surface area contributed by atoms with E-state index in [1.54, 1.807) is 16.7 Å². The van der Waals surface area contributed by atoms with E-state index in [4.69, 9.17) is 0 Å². The fraction of sp³-hybridized carbons (Fsp3) is 0.333. The number of carbonyl (C=O) groups is 2. The molecule has 0 saturated heterocycles. The second-order valence-corrected chi connectivity index (χ2v) is 9.76. The molecule has 0 unspecified atom stereocenters. The van der Waals surface area contributed by atoms with Crippen molar-refractivity contribution in [3.05, 3.63) is 107 Å². The maximum absolute atomic E-state index is 13.6. The van der Waals surface area contributed by atoms with Crippen LogP contribution in [0, 0.1) is 6.92 Å². The zero-order valence-electron chi connectivity index (χ0n) is 20.8. The van der Waals surface area contributed by atoms with Crippen LogP contribution in [-0.2, 0) is 28.3 Å². The van der Waals surface area contributed by atoms with Gasteiger partial charge in [0.15, 0.2) is 0 Å². The lowest BCUT2D eigenvalue weighted by atomic mass is 10.0. The Morgan fingerprint density at radius 1 is 0.886 bits per heavy atom. The molecule has 4 nitrogen and oxygen atoms in total. The predicted octanol–water partition coefficient (Wildman–Crippen LogP) is 5.78. The third kappa shape index (κ3) is 8.59. The summed E-state index contributed by atoms with van der Waals surface area (Å²) in [5, 5.41) is 3.07. The van der Waals surface area contributed by atoms with E-state index in [1.807, 2.05) is 72.8 Å². The monoisotopic (exact) mass is 488 g/mol. The molecule has 3 aromatic rings. The van der Waals surface area contributed by atoms with Gasteiger partial charge < -0.3 is 10.2 Å². The van der Waals surface area contributed by atoms with E-state index in [2.05, 4.69) is 31.3 Å². The molecule has 184 valence electrons. The first-order valence-electron chi connectivity index (χ1n) is 12.4. The molecule has 35 heavy (non-hydrogen) atoms. The molecular weight excluding hydrogens is 452 g/mol. The van der Waals surface area contributed by atoms with E-state index in [0.29, 0.717) is 25.3 Å². The van der Waals surface area contributed by atoms with Crippen molar-refractivity contribution in [3.8, 4) is 0 Å². The van der Waals surface area contributed by atoms with Crippen LogP contribution in [0.3, 0.4) is 0 Å². The Morgan fingerprint density at radius 2 is 1.51 bits per heavy atom. The number of rotatable bonds is 13. The van der Waals surface area contributed by atoms with Crippen molar-refractivity contribution in [2.45, 2.75) is 51.4 Å². The predicted molar refractivity (Wildman–Crippen MR) is 146 cm³/mol. The summed E-state index contributed by atoms with van der Waals surface area (Å²) in [6.45, 7) is 5.22. The van der Waals surface area contributed by atoms with Gasteiger partial charge >= 0.3 is 0 Å². The zero-order valence-corrected chi connectivity index (χ0v) is 21.6. The fourth-order valence-electron chi connectivity index (χ4n) is 3.94. The molecular formula is C30H36N2O2S. The van der Waals surface area contributed by atoms with Gasteiger partial charge in [0.25, 0.3) is 0 Å². The Balaban J connectivity index is 1.81. The normalized spacial score (nSPS) is 11.6. The van der Waals surface area contributed by atoms with Crippen LogP contribution < -0.4 is 5.32 Å². The highest BCUT2D eigenvalue weighted by Crippen LogP contribution is 2.20. The summed E-state index contributed by atoms with van der Waals surface area (Å²) in [7, 11) is 0.